The number of morpholine rings is 1. The lowest BCUT2D eigenvalue weighted by molar-refractivity contribution is -0.0333. The van der Waals surface area contributed by atoms with Crippen LogP contribution in [0.25, 0.3) is 0 Å². The van der Waals surface area contributed by atoms with E-state index in [0.717, 1.165) is 57.8 Å². The van der Waals surface area contributed by atoms with E-state index in [-0.39, 0.29) is 29.5 Å². The molecule has 0 aromatic heterocycles. The van der Waals surface area contributed by atoms with Gasteiger partial charge in [-0.2, -0.15) is 0 Å². The van der Waals surface area contributed by atoms with Crippen LogP contribution in [0, 0.1) is 5.92 Å². The van der Waals surface area contributed by atoms with Crippen LogP contribution in [0.2, 0.25) is 0 Å². The molecule has 0 aromatic carbocycles. The van der Waals surface area contributed by atoms with Gasteiger partial charge in [0.2, 0.25) is 0 Å². The molecule has 0 aromatic rings. The molecule has 0 amide bonds. The van der Waals surface area contributed by atoms with Crippen molar-refractivity contribution in [2.75, 3.05) is 65.6 Å². The van der Waals surface area contributed by atoms with Gasteiger partial charge in [0, 0.05) is 38.3 Å². The molecule has 3 rings (SSSR count). The van der Waals surface area contributed by atoms with E-state index in [1.807, 2.05) is 0 Å². The Balaban J connectivity index is 0.00000300. The molecule has 7 heteroatoms. The van der Waals surface area contributed by atoms with Crippen molar-refractivity contribution in [1.82, 2.24) is 20.4 Å². The molecular formula is C22H44IN5O. The first-order valence-electron chi connectivity index (χ1n) is 11.8. The Hall–Kier alpha value is -0.120. The van der Waals surface area contributed by atoms with Crippen LogP contribution in [0.1, 0.15) is 58.8 Å². The fourth-order valence-electron chi connectivity index (χ4n) is 5.24. The van der Waals surface area contributed by atoms with Gasteiger partial charge in [-0.1, -0.05) is 26.2 Å². The smallest absolute Gasteiger partial charge is 0.191 e. The van der Waals surface area contributed by atoms with E-state index in [1.54, 1.807) is 0 Å². The van der Waals surface area contributed by atoms with Crippen LogP contribution in [-0.2, 0) is 4.74 Å². The molecule has 1 atom stereocenters. The third-order valence-corrected chi connectivity index (χ3v) is 6.95. The zero-order valence-electron chi connectivity index (χ0n) is 18.8. The Morgan fingerprint density at radius 3 is 2.48 bits per heavy atom. The van der Waals surface area contributed by atoms with Gasteiger partial charge in [-0.25, -0.2) is 0 Å². The van der Waals surface area contributed by atoms with E-state index < -0.39 is 0 Å². The van der Waals surface area contributed by atoms with Gasteiger partial charge >= 0.3 is 0 Å². The molecule has 29 heavy (non-hydrogen) atoms. The highest BCUT2D eigenvalue weighted by molar-refractivity contribution is 14.0. The van der Waals surface area contributed by atoms with Crippen LogP contribution in [0.5, 0.6) is 0 Å². The van der Waals surface area contributed by atoms with Gasteiger partial charge in [-0.3, -0.25) is 9.89 Å². The minimum absolute atomic E-state index is 0. The van der Waals surface area contributed by atoms with Gasteiger partial charge in [-0.05, 0) is 51.6 Å². The molecule has 1 saturated carbocycles. The third kappa shape index (κ3) is 7.51. The fourth-order valence-corrected chi connectivity index (χ4v) is 5.24. The Labute approximate surface area is 195 Å². The Kier molecular flexibility index (Phi) is 11.6. The summed E-state index contributed by atoms with van der Waals surface area (Å²) < 4.78 is 5.62. The summed E-state index contributed by atoms with van der Waals surface area (Å²) in [6, 6.07) is 0. The summed E-state index contributed by atoms with van der Waals surface area (Å²) in [4.78, 5) is 10.4. The maximum absolute atomic E-state index is 5.62. The van der Waals surface area contributed by atoms with E-state index in [0.29, 0.717) is 0 Å². The maximum atomic E-state index is 5.62. The lowest BCUT2D eigenvalue weighted by Gasteiger charge is -2.47. The second-order valence-corrected chi connectivity index (χ2v) is 8.86. The van der Waals surface area contributed by atoms with E-state index >= 15 is 0 Å². The van der Waals surface area contributed by atoms with Crippen LogP contribution in [-0.4, -0.2) is 86.9 Å². The minimum atomic E-state index is 0. The normalized spacial score (nSPS) is 26.6. The molecule has 0 bridgehead atoms. The zero-order chi connectivity index (χ0) is 19.7. The van der Waals surface area contributed by atoms with Gasteiger partial charge in [0.15, 0.2) is 5.96 Å². The largest absolute Gasteiger partial charge is 0.379 e. The second kappa shape index (κ2) is 13.3. The lowest BCUT2D eigenvalue weighted by Crippen LogP contribution is -2.56. The molecule has 2 aliphatic heterocycles. The number of aliphatic imine (C=N–C) groups is 1. The number of hydrogen-bond donors (Lipinski definition) is 2. The Bertz CT molecular complexity index is 478. The van der Waals surface area contributed by atoms with Crippen molar-refractivity contribution in [1.29, 1.82) is 0 Å². The third-order valence-electron chi connectivity index (χ3n) is 6.95. The molecule has 1 aliphatic carbocycles. The fraction of sp³-hybridized carbons (Fsp3) is 0.955. The number of piperidine rings is 1. The van der Waals surface area contributed by atoms with Crippen LogP contribution >= 0.6 is 24.0 Å². The number of halogens is 1. The number of guanidine groups is 1. The maximum Gasteiger partial charge on any atom is 0.191 e. The second-order valence-electron chi connectivity index (χ2n) is 8.86. The molecule has 2 heterocycles. The first kappa shape index (κ1) is 25.1. The average molecular weight is 522 g/mol. The summed E-state index contributed by atoms with van der Waals surface area (Å²) in [6.45, 7) is 14.8. The summed E-state index contributed by atoms with van der Waals surface area (Å²) in [7, 11) is 0. The minimum Gasteiger partial charge on any atom is -0.379 e. The topological polar surface area (TPSA) is 52.1 Å². The summed E-state index contributed by atoms with van der Waals surface area (Å²) in [5.74, 6) is 1.75. The first-order valence-corrected chi connectivity index (χ1v) is 11.8. The molecule has 2 saturated heterocycles. The molecule has 0 spiro atoms. The number of hydrogen-bond acceptors (Lipinski definition) is 4. The SMILES string of the molecule is CCNC(=NCC1(N2CCOCC2)CCCCC1)NCC1CCCN(CC)C1.I. The van der Waals surface area contributed by atoms with Crippen molar-refractivity contribution < 1.29 is 4.74 Å². The van der Waals surface area contributed by atoms with Gasteiger partial charge in [0.1, 0.15) is 0 Å². The number of nitrogens with zero attached hydrogens (tertiary/aromatic N) is 3. The zero-order valence-corrected chi connectivity index (χ0v) is 21.1. The van der Waals surface area contributed by atoms with Crippen molar-refractivity contribution in [3.8, 4) is 0 Å². The standard InChI is InChI=1S/C22H43N5O.HI/c1-3-23-21(24-17-20-9-8-12-26(4-2)18-20)25-19-22(10-6-5-7-11-22)27-13-15-28-16-14-27;/h20H,3-19H2,1-2H3,(H2,23,24,25);1H. The van der Waals surface area contributed by atoms with E-state index in [1.165, 1.54) is 64.6 Å². The highest BCUT2D eigenvalue weighted by Gasteiger charge is 2.38. The Morgan fingerprint density at radius 1 is 1.03 bits per heavy atom. The molecule has 0 radical (unpaired) electrons. The predicted octanol–water partition coefficient (Wildman–Crippen LogP) is 2.93. The van der Waals surface area contributed by atoms with Crippen LogP contribution < -0.4 is 10.6 Å². The first-order chi connectivity index (χ1) is 13.8. The number of nitrogens with one attached hydrogen (secondary N) is 2. The highest BCUT2D eigenvalue weighted by Crippen LogP contribution is 2.34. The number of likely N-dealkylation sites (tertiary alicyclic amines) is 1. The quantitative estimate of drug-likeness (QED) is 0.307. The van der Waals surface area contributed by atoms with Crippen LogP contribution in [0.15, 0.2) is 4.99 Å². The molecule has 1 unspecified atom stereocenters. The summed E-state index contributed by atoms with van der Waals surface area (Å²) >= 11 is 0. The average Bonchev–Trinajstić information content (AvgIpc) is 2.77. The molecular weight excluding hydrogens is 477 g/mol. The van der Waals surface area contributed by atoms with Crippen LogP contribution in [0.4, 0.5) is 0 Å². The molecule has 2 N–H and O–H groups in total. The lowest BCUT2D eigenvalue weighted by atomic mass is 9.80. The summed E-state index contributed by atoms with van der Waals surface area (Å²) in [6.07, 6.45) is 9.28. The monoisotopic (exact) mass is 521 g/mol. The van der Waals surface area contributed by atoms with E-state index in [9.17, 15) is 0 Å². The van der Waals surface area contributed by atoms with Gasteiger partial charge in [0.05, 0.1) is 19.8 Å². The summed E-state index contributed by atoms with van der Waals surface area (Å²) in [5.41, 5.74) is 0.244. The van der Waals surface area contributed by atoms with Crippen molar-refractivity contribution in [3.63, 3.8) is 0 Å². The van der Waals surface area contributed by atoms with Crippen molar-refractivity contribution in [2.45, 2.75) is 64.3 Å². The molecule has 6 nitrogen and oxygen atoms in total. The van der Waals surface area contributed by atoms with Gasteiger partial charge in [-0.15, -0.1) is 24.0 Å². The molecule has 3 fully saturated rings. The molecule has 170 valence electrons. The number of rotatable bonds is 7. The van der Waals surface area contributed by atoms with E-state index in [2.05, 4.69) is 34.3 Å². The van der Waals surface area contributed by atoms with Gasteiger partial charge < -0.3 is 20.3 Å². The van der Waals surface area contributed by atoms with Gasteiger partial charge in [0.25, 0.3) is 0 Å². The van der Waals surface area contributed by atoms with Crippen molar-refractivity contribution >= 4 is 29.9 Å². The number of ether oxygens (including phenoxy) is 1. The van der Waals surface area contributed by atoms with E-state index in [4.69, 9.17) is 9.73 Å². The Morgan fingerprint density at radius 2 is 1.79 bits per heavy atom. The van der Waals surface area contributed by atoms with Crippen molar-refractivity contribution in [2.24, 2.45) is 10.9 Å². The van der Waals surface area contributed by atoms with Crippen molar-refractivity contribution in [3.05, 3.63) is 0 Å². The summed E-state index contributed by atoms with van der Waals surface area (Å²) in [5, 5.41) is 7.15. The van der Waals surface area contributed by atoms with Crippen LogP contribution in [0.3, 0.4) is 0 Å². The predicted molar refractivity (Wildman–Crippen MR) is 132 cm³/mol. The highest BCUT2D eigenvalue weighted by atomic mass is 127. The molecule has 3 aliphatic rings.